The number of hydrogen-bond acceptors (Lipinski definition) is 2. The highest BCUT2D eigenvalue weighted by molar-refractivity contribution is 5.98. The van der Waals surface area contributed by atoms with Gasteiger partial charge in [0.1, 0.15) is 0 Å². The Kier molecular flexibility index (Phi) is 13.3. The summed E-state index contributed by atoms with van der Waals surface area (Å²) in [6.07, 6.45) is 0. The molecule has 0 N–H and O–H groups in total. The van der Waals surface area contributed by atoms with Gasteiger partial charge in [0, 0.05) is 39.5 Å². The zero-order valence-corrected chi connectivity index (χ0v) is 46.6. The zero-order chi connectivity index (χ0) is 55.7. The van der Waals surface area contributed by atoms with Crippen molar-refractivity contribution in [3.8, 4) is 89.0 Å². The van der Waals surface area contributed by atoms with E-state index in [9.17, 15) is 0 Å². The molecule has 0 saturated carbocycles. The Balaban J connectivity index is 0.850. The molecule has 13 aromatic carbocycles. The standard InChI is InChI=1S/C81H60N2/c1-81(2)78-39-22-21-36-72(78)73-53-52-69(54-79(73)81)83(65-34-19-8-20-35-65)68-48-42-62(43-49-68)77-56-74(59-28-13-5-14-29-59)76(55-75(77)60-30-15-6-16-31-60)61-40-46-66(47-41-61)82(64-32-17-7-18-33-64)67-50-44-63(45-51-67)80-70(57-24-9-3-10-25-57)37-23-38-71(80)58-26-11-4-12-27-58/h3-56H,1-2H3. The minimum atomic E-state index is -0.117. The molecule has 14 rings (SSSR count). The molecule has 83 heavy (non-hydrogen) atoms. The average molecular weight is 1060 g/mol. The number of hydrogen-bond donors (Lipinski definition) is 0. The van der Waals surface area contributed by atoms with Crippen molar-refractivity contribution in [1.82, 2.24) is 0 Å². The van der Waals surface area contributed by atoms with E-state index in [4.69, 9.17) is 0 Å². The molecule has 1 aliphatic rings. The minimum absolute atomic E-state index is 0.117. The summed E-state index contributed by atoms with van der Waals surface area (Å²) in [5.41, 5.74) is 28.3. The molecule has 1 aliphatic carbocycles. The van der Waals surface area contributed by atoms with E-state index in [1.807, 2.05) is 0 Å². The Morgan fingerprint density at radius 2 is 0.482 bits per heavy atom. The molecule has 0 heterocycles. The normalized spacial score (nSPS) is 12.1. The topological polar surface area (TPSA) is 6.48 Å². The summed E-state index contributed by atoms with van der Waals surface area (Å²) in [5, 5.41) is 0. The fourth-order valence-corrected chi connectivity index (χ4v) is 12.6. The summed E-state index contributed by atoms with van der Waals surface area (Å²) in [6, 6.07) is 119. The number of fused-ring (bicyclic) bond motifs is 3. The first kappa shape index (κ1) is 50.7. The number of para-hydroxylation sites is 2. The highest BCUT2D eigenvalue weighted by atomic mass is 15.1. The maximum atomic E-state index is 2.42. The van der Waals surface area contributed by atoms with Crippen LogP contribution in [0.1, 0.15) is 25.0 Å². The molecule has 2 nitrogen and oxygen atoms in total. The quantitative estimate of drug-likeness (QED) is 0.114. The predicted molar refractivity (Wildman–Crippen MR) is 351 cm³/mol. The molecule has 0 bridgehead atoms. The van der Waals surface area contributed by atoms with Crippen molar-refractivity contribution in [2.24, 2.45) is 0 Å². The second-order valence-electron chi connectivity index (χ2n) is 22.0. The van der Waals surface area contributed by atoms with E-state index < -0.39 is 0 Å². The molecule has 0 atom stereocenters. The maximum Gasteiger partial charge on any atom is 0.0465 e. The van der Waals surface area contributed by atoms with Crippen LogP contribution < -0.4 is 9.80 Å². The number of rotatable bonds is 13. The van der Waals surface area contributed by atoms with Crippen molar-refractivity contribution < 1.29 is 0 Å². The predicted octanol–water partition coefficient (Wildman–Crippen LogP) is 22.6. The van der Waals surface area contributed by atoms with Crippen LogP contribution in [0.2, 0.25) is 0 Å². The largest absolute Gasteiger partial charge is 0.311 e. The van der Waals surface area contributed by atoms with Gasteiger partial charge in [0.25, 0.3) is 0 Å². The highest BCUT2D eigenvalue weighted by Crippen LogP contribution is 2.51. The van der Waals surface area contributed by atoms with Crippen LogP contribution in [-0.2, 0) is 5.41 Å². The number of benzene rings is 13. The van der Waals surface area contributed by atoms with Gasteiger partial charge in [-0.3, -0.25) is 0 Å². The number of nitrogens with zero attached hydrogens (tertiary/aromatic N) is 2. The third-order valence-electron chi connectivity index (χ3n) is 16.7. The first-order chi connectivity index (χ1) is 40.9. The lowest BCUT2D eigenvalue weighted by atomic mass is 9.82. The first-order valence-electron chi connectivity index (χ1n) is 28.7. The lowest BCUT2D eigenvalue weighted by molar-refractivity contribution is 0.660. The monoisotopic (exact) mass is 1060 g/mol. The van der Waals surface area contributed by atoms with Gasteiger partial charge in [-0.1, -0.05) is 257 Å². The smallest absolute Gasteiger partial charge is 0.0465 e. The summed E-state index contributed by atoms with van der Waals surface area (Å²) in [5.74, 6) is 0. The lowest BCUT2D eigenvalue weighted by Crippen LogP contribution is -2.16. The molecule has 0 aliphatic heterocycles. The molecule has 13 aromatic rings. The second kappa shape index (κ2) is 21.8. The van der Waals surface area contributed by atoms with Crippen molar-refractivity contribution >= 4 is 34.1 Å². The van der Waals surface area contributed by atoms with Crippen LogP contribution in [0.4, 0.5) is 34.1 Å². The maximum absolute atomic E-state index is 2.42. The molecular formula is C81H60N2. The molecular weight excluding hydrogens is 1000 g/mol. The summed E-state index contributed by atoms with van der Waals surface area (Å²) in [6.45, 7) is 4.71. The van der Waals surface area contributed by atoms with E-state index in [1.165, 1.54) is 72.3 Å². The summed E-state index contributed by atoms with van der Waals surface area (Å²) in [7, 11) is 0. The summed E-state index contributed by atoms with van der Waals surface area (Å²) in [4.78, 5) is 4.75. The second-order valence-corrected chi connectivity index (χ2v) is 22.0. The zero-order valence-electron chi connectivity index (χ0n) is 46.6. The number of anilines is 6. The molecule has 394 valence electrons. The minimum Gasteiger partial charge on any atom is -0.311 e. The molecule has 0 amide bonds. The van der Waals surface area contributed by atoms with Crippen LogP contribution >= 0.6 is 0 Å². The van der Waals surface area contributed by atoms with Gasteiger partial charge in [-0.15, -0.1) is 0 Å². The van der Waals surface area contributed by atoms with Gasteiger partial charge in [-0.25, -0.2) is 0 Å². The molecule has 2 heteroatoms. The van der Waals surface area contributed by atoms with Crippen molar-refractivity contribution in [3.63, 3.8) is 0 Å². The molecule has 0 fully saturated rings. The van der Waals surface area contributed by atoms with E-state index in [0.717, 1.165) is 61.9 Å². The van der Waals surface area contributed by atoms with Crippen LogP contribution in [0.25, 0.3) is 89.0 Å². The summed E-state index contributed by atoms with van der Waals surface area (Å²) < 4.78 is 0. The average Bonchev–Trinajstić information content (AvgIpc) is 4.05. The van der Waals surface area contributed by atoms with E-state index in [0.29, 0.717) is 0 Å². The Morgan fingerprint density at radius 1 is 0.193 bits per heavy atom. The van der Waals surface area contributed by atoms with Crippen molar-refractivity contribution in [3.05, 3.63) is 339 Å². The van der Waals surface area contributed by atoms with Crippen molar-refractivity contribution in [2.45, 2.75) is 19.3 Å². The van der Waals surface area contributed by atoms with Crippen LogP contribution in [0.3, 0.4) is 0 Å². The molecule has 0 radical (unpaired) electrons. The van der Waals surface area contributed by atoms with Crippen LogP contribution in [-0.4, -0.2) is 0 Å². The van der Waals surface area contributed by atoms with Gasteiger partial charge in [0.2, 0.25) is 0 Å². The Bertz CT molecular complexity index is 4330. The van der Waals surface area contributed by atoms with Crippen LogP contribution in [0, 0.1) is 0 Å². The van der Waals surface area contributed by atoms with E-state index in [-0.39, 0.29) is 5.41 Å². The van der Waals surface area contributed by atoms with Gasteiger partial charge in [0.05, 0.1) is 0 Å². The van der Waals surface area contributed by atoms with Crippen LogP contribution in [0.5, 0.6) is 0 Å². The lowest BCUT2D eigenvalue weighted by Gasteiger charge is -2.28. The third kappa shape index (κ3) is 9.61. The van der Waals surface area contributed by atoms with E-state index >= 15 is 0 Å². The molecule has 0 aromatic heterocycles. The van der Waals surface area contributed by atoms with E-state index in [1.54, 1.807) is 0 Å². The molecule has 0 spiro atoms. The van der Waals surface area contributed by atoms with Crippen LogP contribution in [0.15, 0.2) is 328 Å². The Labute approximate surface area is 488 Å². The van der Waals surface area contributed by atoms with Gasteiger partial charge in [0.15, 0.2) is 0 Å². The Hall–Kier alpha value is -10.5. The van der Waals surface area contributed by atoms with Gasteiger partial charge >= 0.3 is 0 Å². The van der Waals surface area contributed by atoms with Crippen molar-refractivity contribution in [2.75, 3.05) is 9.80 Å². The first-order valence-corrected chi connectivity index (χ1v) is 28.7. The fourth-order valence-electron chi connectivity index (χ4n) is 12.6. The van der Waals surface area contributed by atoms with Gasteiger partial charge in [-0.05, 0) is 185 Å². The van der Waals surface area contributed by atoms with E-state index in [2.05, 4.69) is 351 Å². The SMILES string of the molecule is CC1(C)c2ccccc2-c2ccc(N(c3ccccc3)c3ccc(-c4cc(-c5ccccc5)c(-c5ccc(N(c6ccccc6)c6ccc(-c7c(-c8ccccc8)cccc7-c7ccccc7)cc6)cc5)cc4-c4ccccc4)cc3)cc21. The Morgan fingerprint density at radius 3 is 0.904 bits per heavy atom. The van der Waals surface area contributed by atoms with Gasteiger partial charge < -0.3 is 9.80 Å². The van der Waals surface area contributed by atoms with Gasteiger partial charge in [-0.2, -0.15) is 0 Å². The van der Waals surface area contributed by atoms with Crippen molar-refractivity contribution in [1.29, 1.82) is 0 Å². The fraction of sp³-hybridized carbons (Fsp3) is 0.0370. The third-order valence-corrected chi connectivity index (χ3v) is 16.7. The summed E-state index contributed by atoms with van der Waals surface area (Å²) >= 11 is 0. The molecule has 0 saturated heterocycles. The highest BCUT2D eigenvalue weighted by Gasteiger charge is 2.36. The molecule has 0 unspecified atom stereocenters.